The Labute approximate surface area is 117 Å². The van der Waals surface area contributed by atoms with Crippen LogP contribution in [0.4, 0.5) is 0 Å². The molecule has 1 aliphatic carbocycles. The standard InChI is InChI=1S/C16H18N2O2/c19-16(15-9-10-3-1-2-4-14(10)20-15)18-13-7-8-17-12-6-5-11(12)13/h1-4,9,11-13,17H,5-8H2,(H,18,19). The summed E-state index contributed by atoms with van der Waals surface area (Å²) < 4.78 is 5.62. The molecule has 3 atom stereocenters. The van der Waals surface area contributed by atoms with E-state index in [0.29, 0.717) is 17.7 Å². The predicted octanol–water partition coefficient (Wildman–Crippen LogP) is 2.30. The molecular weight excluding hydrogens is 252 g/mol. The molecule has 1 aliphatic heterocycles. The second kappa shape index (κ2) is 4.63. The molecule has 0 spiro atoms. The zero-order chi connectivity index (χ0) is 13.5. The average molecular weight is 270 g/mol. The molecular formula is C16H18N2O2. The van der Waals surface area contributed by atoms with Gasteiger partial charge in [0.1, 0.15) is 5.58 Å². The topological polar surface area (TPSA) is 54.3 Å². The minimum absolute atomic E-state index is 0.0845. The van der Waals surface area contributed by atoms with Crippen LogP contribution in [0.2, 0.25) is 0 Å². The number of nitrogens with one attached hydrogen (secondary N) is 2. The van der Waals surface area contributed by atoms with Crippen LogP contribution in [0.3, 0.4) is 0 Å². The second-order valence-electron chi connectivity index (χ2n) is 5.82. The molecule has 4 heteroatoms. The van der Waals surface area contributed by atoms with Gasteiger partial charge in [-0.25, -0.2) is 0 Å². The van der Waals surface area contributed by atoms with Crippen molar-refractivity contribution in [3.63, 3.8) is 0 Å². The highest BCUT2D eigenvalue weighted by atomic mass is 16.3. The van der Waals surface area contributed by atoms with Gasteiger partial charge in [-0.15, -0.1) is 0 Å². The first kappa shape index (κ1) is 12.0. The molecule has 2 aliphatic rings. The highest BCUT2D eigenvalue weighted by Crippen LogP contribution is 2.34. The number of fused-ring (bicyclic) bond motifs is 2. The summed E-state index contributed by atoms with van der Waals surface area (Å²) in [6.45, 7) is 0.992. The number of rotatable bonds is 2. The van der Waals surface area contributed by atoms with Gasteiger partial charge in [-0.3, -0.25) is 4.79 Å². The molecule has 4 nitrogen and oxygen atoms in total. The Morgan fingerprint density at radius 3 is 2.95 bits per heavy atom. The fraction of sp³-hybridized carbons (Fsp3) is 0.438. The van der Waals surface area contributed by atoms with Gasteiger partial charge in [-0.2, -0.15) is 0 Å². The van der Waals surface area contributed by atoms with Gasteiger partial charge in [-0.1, -0.05) is 18.2 Å². The van der Waals surface area contributed by atoms with E-state index < -0.39 is 0 Å². The van der Waals surface area contributed by atoms with Gasteiger partial charge in [0.25, 0.3) is 5.91 Å². The summed E-state index contributed by atoms with van der Waals surface area (Å²) in [5.74, 6) is 0.927. The third-order valence-corrected chi connectivity index (χ3v) is 4.67. The van der Waals surface area contributed by atoms with Gasteiger partial charge in [0.15, 0.2) is 5.76 Å². The van der Waals surface area contributed by atoms with E-state index in [1.54, 1.807) is 0 Å². The zero-order valence-corrected chi connectivity index (χ0v) is 11.3. The van der Waals surface area contributed by atoms with Crippen LogP contribution in [0.25, 0.3) is 11.0 Å². The van der Waals surface area contributed by atoms with E-state index in [9.17, 15) is 4.79 Å². The van der Waals surface area contributed by atoms with Crippen LogP contribution >= 0.6 is 0 Å². The monoisotopic (exact) mass is 270 g/mol. The second-order valence-corrected chi connectivity index (χ2v) is 5.82. The van der Waals surface area contributed by atoms with Crippen molar-refractivity contribution in [1.82, 2.24) is 10.6 Å². The van der Waals surface area contributed by atoms with E-state index in [1.165, 1.54) is 12.8 Å². The summed E-state index contributed by atoms with van der Waals surface area (Å²) in [4.78, 5) is 12.3. The summed E-state index contributed by atoms with van der Waals surface area (Å²) in [6, 6.07) is 10.4. The molecule has 1 aromatic carbocycles. The third-order valence-electron chi connectivity index (χ3n) is 4.67. The number of furan rings is 1. The molecule has 2 fully saturated rings. The lowest BCUT2D eigenvalue weighted by Crippen LogP contribution is -2.59. The number of amides is 1. The third kappa shape index (κ3) is 1.91. The van der Waals surface area contributed by atoms with E-state index in [4.69, 9.17) is 4.42 Å². The molecule has 0 radical (unpaired) electrons. The van der Waals surface area contributed by atoms with Crippen LogP contribution in [0.15, 0.2) is 34.7 Å². The zero-order valence-electron chi connectivity index (χ0n) is 11.3. The van der Waals surface area contributed by atoms with Crippen LogP contribution in [0.1, 0.15) is 29.8 Å². The van der Waals surface area contributed by atoms with Gasteiger partial charge in [0.05, 0.1) is 0 Å². The minimum atomic E-state index is -0.0845. The van der Waals surface area contributed by atoms with E-state index in [-0.39, 0.29) is 11.9 Å². The lowest BCUT2D eigenvalue weighted by molar-refractivity contribution is 0.0775. The van der Waals surface area contributed by atoms with Crippen molar-refractivity contribution in [3.05, 3.63) is 36.1 Å². The van der Waals surface area contributed by atoms with Gasteiger partial charge >= 0.3 is 0 Å². The Morgan fingerprint density at radius 1 is 1.25 bits per heavy atom. The fourth-order valence-corrected chi connectivity index (χ4v) is 3.41. The molecule has 2 heterocycles. The molecule has 20 heavy (non-hydrogen) atoms. The van der Waals surface area contributed by atoms with E-state index in [1.807, 2.05) is 30.3 Å². The van der Waals surface area contributed by atoms with E-state index >= 15 is 0 Å². The molecule has 3 unspecified atom stereocenters. The maximum Gasteiger partial charge on any atom is 0.287 e. The molecule has 1 amide bonds. The number of hydrogen-bond donors (Lipinski definition) is 2. The SMILES string of the molecule is O=C(NC1CCNC2CCC21)c1cc2ccccc2o1. The molecule has 1 saturated carbocycles. The van der Waals surface area contributed by atoms with Crippen molar-refractivity contribution < 1.29 is 9.21 Å². The number of carbonyl (C=O) groups is 1. The number of benzene rings is 1. The first-order chi connectivity index (χ1) is 9.81. The Balaban J connectivity index is 1.52. The Morgan fingerprint density at radius 2 is 2.15 bits per heavy atom. The van der Waals surface area contributed by atoms with Gasteiger partial charge in [0, 0.05) is 17.5 Å². The maximum atomic E-state index is 12.3. The first-order valence-corrected chi connectivity index (χ1v) is 7.34. The number of hydrogen-bond acceptors (Lipinski definition) is 3. The largest absolute Gasteiger partial charge is 0.451 e. The number of carbonyl (C=O) groups excluding carboxylic acids is 1. The Hall–Kier alpha value is -1.81. The highest BCUT2D eigenvalue weighted by Gasteiger charge is 2.40. The van der Waals surface area contributed by atoms with Crippen LogP contribution < -0.4 is 10.6 Å². The molecule has 1 aromatic heterocycles. The van der Waals surface area contributed by atoms with Crippen molar-refractivity contribution in [3.8, 4) is 0 Å². The van der Waals surface area contributed by atoms with Crippen LogP contribution in [0, 0.1) is 5.92 Å². The molecule has 0 bridgehead atoms. The Bertz CT molecular complexity index is 616. The molecule has 1 saturated heterocycles. The summed E-state index contributed by atoms with van der Waals surface area (Å²) in [7, 11) is 0. The molecule has 2 N–H and O–H groups in total. The highest BCUT2D eigenvalue weighted by molar-refractivity contribution is 5.96. The number of piperidine rings is 1. The van der Waals surface area contributed by atoms with Gasteiger partial charge in [0.2, 0.25) is 0 Å². The van der Waals surface area contributed by atoms with Gasteiger partial charge in [-0.05, 0) is 43.9 Å². The Kier molecular flexibility index (Phi) is 2.77. The van der Waals surface area contributed by atoms with Crippen LogP contribution in [-0.2, 0) is 0 Å². The quantitative estimate of drug-likeness (QED) is 0.880. The van der Waals surface area contributed by atoms with Crippen molar-refractivity contribution >= 4 is 16.9 Å². The summed E-state index contributed by atoms with van der Waals surface area (Å²) in [5, 5.41) is 7.64. The predicted molar refractivity (Wildman–Crippen MR) is 76.6 cm³/mol. The van der Waals surface area contributed by atoms with Crippen molar-refractivity contribution in [1.29, 1.82) is 0 Å². The molecule has 104 valence electrons. The lowest BCUT2D eigenvalue weighted by atomic mass is 9.71. The number of para-hydroxylation sites is 1. The van der Waals surface area contributed by atoms with E-state index in [0.717, 1.165) is 23.9 Å². The van der Waals surface area contributed by atoms with Crippen molar-refractivity contribution in [2.45, 2.75) is 31.3 Å². The van der Waals surface area contributed by atoms with Crippen LogP contribution in [0.5, 0.6) is 0 Å². The van der Waals surface area contributed by atoms with Crippen molar-refractivity contribution in [2.75, 3.05) is 6.54 Å². The molecule has 2 aromatic rings. The van der Waals surface area contributed by atoms with E-state index in [2.05, 4.69) is 10.6 Å². The van der Waals surface area contributed by atoms with Crippen LogP contribution in [-0.4, -0.2) is 24.5 Å². The minimum Gasteiger partial charge on any atom is -0.451 e. The smallest absolute Gasteiger partial charge is 0.287 e. The summed E-state index contributed by atoms with van der Waals surface area (Å²) in [6.07, 6.45) is 3.46. The summed E-state index contributed by atoms with van der Waals surface area (Å²) in [5.41, 5.74) is 0.768. The van der Waals surface area contributed by atoms with Gasteiger partial charge < -0.3 is 15.1 Å². The molecule has 4 rings (SSSR count). The average Bonchev–Trinajstić information content (AvgIpc) is 2.85. The summed E-state index contributed by atoms with van der Waals surface area (Å²) >= 11 is 0. The van der Waals surface area contributed by atoms with Crippen molar-refractivity contribution in [2.24, 2.45) is 5.92 Å². The first-order valence-electron chi connectivity index (χ1n) is 7.34. The maximum absolute atomic E-state index is 12.3. The fourth-order valence-electron chi connectivity index (χ4n) is 3.41. The normalized spacial score (nSPS) is 28.7. The lowest BCUT2D eigenvalue weighted by Gasteiger charge is -2.46.